The molecule has 0 aliphatic heterocycles. The van der Waals surface area contributed by atoms with Crippen LogP contribution in [-0.4, -0.2) is 21.8 Å². The Hall–Kier alpha value is -3.57. The fourth-order valence-electron chi connectivity index (χ4n) is 3.74. The molecule has 0 bridgehead atoms. The standard InChI is InChI=1S/C24H23N5O2S/c1-14(2)22-8-16(12-32-22)11-26-23(30)20-9-21(28-13-27-20)24(31)29-19-6-4-17-7-15(10-25)3-5-18(17)19/h3,5,7-9,12-14,19H,4,6,11H2,1-2H3,(H,26,30)(H,29,31)/t19-/m0/s1. The molecule has 1 aromatic carbocycles. The number of nitrogens with one attached hydrogen (secondary N) is 2. The molecule has 8 heteroatoms. The van der Waals surface area contributed by atoms with Crippen LogP contribution in [0.3, 0.4) is 0 Å². The molecule has 1 aliphatic carbocycles. The van der Waals surface area contributed by atoms with Gasteiger partial charge in [0, 0.05) is 17.5 Å². The zero-order chi connectivity index (χ0) is 22.7. The molecule has 0 unspecified atom stereocenters. The van der Waals surface area contributed by atoms with Gasteiger partial charge in [0.2, 0.25) is 0 Å². The van der Waals surface area contributed by atoms with E-state index in [0.29, 0.717) is 18.0 Å². The average molecular weight is 446 g/mol. The summed E-state index contributed by atoms with van der Waals surface area (Å²) in [5.41, 5.74) is 4.04. The van der Waals surface area contributed by atoms with Gasteiger partial charge >= 0.3 is 0 Å². The lowest BCUT2D eigenvalue weighted by Crippen LogP contribution is -2.29. The monoisotopic (exact) mass is 445 g/mol. The number of nitriles is 1. The molecular weight excluding hydrogens is 422 g/mol. The minimum absolute atomic E-state index is 0.143. The lowest BCUT2D eigenvalue weighted by Gasteiger charge is -2.14. The van der Waals surface area contributed by atoms with Gasteiger partial charge in [0.25, 0.3) is 11.8 Å². The summed E-state index contributed by atoms with van der Waals surface area (Å²) in [6, 6.07) is 11.0. The van der Waals surface area contributed by atoms with Gasteiger partial charge in [-0.15, -0.1) is 11.3 Å². The van der Waals surface area contributed by atoms with Crippen molar-refractivity contribution in [1.29, 1.82) is 5.26 Å². The maximum Gasteiger partial charge on any atom is 0.270 e. The van der Waals surface area contributed by atoms with Crippen molar-refractivity contribution in [2.24, 2.45) is 0 Å². The number of carbonyl (C=O) groups excluding carboxylic acids is 2. The van der Waals surface area contributed by atoms with Gasteiger partial charge in [0.1, 0.15) is 17.7 Å². The molecule has 1 aliphatic rings. The Kier molecular flexibility index (Phi) is 6.28. The number of hydrogen-bond donors (Lipinski definition) is 2. The van der Waals surface area contributed by atoms with Gasteiger partial charge in [-0.25, -0.2) is 9.97 Å². The summed E-state index contributed by atoms with van der Waals surface area (Å²) in [7, 11) is 0. The van der Waals surface area contributed by atoms with Crippen LogP contribution in [0.15, 0.2) is 42.0 Å². The molecule has 2 aromatic heterocycles. The van der Waals surface area contributed by atoms with Gasteiger partial charge in [-0.05, 0) is 59.0 Å². The largest absolute Gasteiger partial charge is 0.347 e. The third-order valence-corrected chi connectivity index (χ3v) is 6.77. The first-order valence-corrected chi connectivity index (χ1v) is 11.3. The van der Waals surface area contributed by atoms with Crippen molar-refractivity contribution in [2.45, 2.75) is 45.2 Å². The predicted octanol–water partition coefficient (Wildman–Crippen LogP) is 3.88. The van der Waals surface area contributed by atoms with E-state index in [1.807, 2.05) is 17.5 Å². The second-order valence-corrected chi connectivity index (χ2v) is 9.02. The van der Waals surface area contributed by atoms with Crippen LogP contribution >= 0.6 is 11.3 Å². The van der Waals surface area contributed by atoms with Crippen molar-refractivity contribution in [1.82, 2.24) is 20.6 Å². The Bertz CT molecular complexity index is 1210. The third-order valence-electron chi connectivity index (χ3n) is 5.48. The number of benzene rings is 1. The molecule has 2 amide bonds. The van der Waals surface area contributed by atoms with Gasteiger partial charge in [-0.2, -0.15) is 5.26 Å². The van der Waals surface area contributed by atoms with E-state index < -0.39 is 0 Å². The zero-order valence-corrected chi connectivity index (χ0v) is 18.7. The van der Waals surface area contributed by atoms with E-state index >= 15 is 0 Å². The highest BCUT2D eigenvalue weighted by Crippen LogP contribution is 2.31. The van der Waals surface area contributed by atoms with Crippen molar-refractivity contribution in [2.75, 3.05) is 0 Å². The molecule has 4 rings (SSSR count). The van der Waals surface area contributed by atoms with Gasteiger partial charge in [-0.3, -0.25) is 9.59 Å². The van der Waals surface area contributed by atoms with Gasteiger partial charge in [0.05, 0.1) is 17.7 Å². The maximum absolute atomic E-state index is 12.8. The van der Waals surface area contributed by atoms with E-state index in [4.69, 9.17) is 5.26 Å². The van der Waals surface area contributed by atoms with Crippen molar-refractivity contribution in [3.63, 3.8) is 0 Å². The van der Waals surface area contributed by atoms with Crippen molar-refractivity contribution >= 4 is 23.2 Å². The fourth-order valence-corrected chi connectivity index (χ4v) is 4.67. The van der Waals surface area contributed by atoms with E-state index in [0.717, 1.165) is 29.5 Å². The highest BCUT2D eigenvalue weighted by molar-refractivity contribution is 7.10. The summed E-state index contributed by atoms with van der Waals surface area (Å²) in [6.07, 6.45) is 2.79. The SMILES string of the molecule is CC(C)c1cc(CNC(=O)c2cc(C(=O)N[C@H]3CCc4cc(C#N)ccc43)ncn2)cs1. The Morgan fingerprint density at radius 1 is 1.19 bits per heavy atom. The van der Waals surface area contributed by atoms with Crippen LogP contribution in [0, 0.1) is 11.3 Å². The average Bonchev–Trinajstić information content (AvgIpc) is 3.44. The van der Waals surface area contributed by atoms with Crippen LogP contribution < -0.4 is 10.6 Å². The van der Waals surface area contributed by atoms with E-state index in [1.165, 1.54) is 17.3 Å². The van der Waals surface area contributed by atoms with Crippen LogP contribution in [0.1, 0.15) is 80.3 Å². The number of aromatic nitrogens is 2. The summed E-state index contributed by atoms with van der Waals surface area (Å²) in [5.74, 6) is -0.260. The number of thiophene rings is 1. The fraction of sp³-hybridized carbons (Fsp3) is 0.292. The number of hydrogen-bond acceptors (Lipinski definition) is 6. The molecule has 0 saturated carbocycles. The lowest BCUT2D eigenvalue weighted by atomic mass is 10.1. The highest BCUT2D eigenvalue weighted by atomic mass is 32.1. The molecule has 32 heavy (non-hydrogen) atoms. The van der Waals surface area contributed by atoms with E-state index in [9.17, 15) is 9.59 Å². The van der Waals surface area contributed by atoms with Crippen LogP contribution in [-0.2, 0) is 13.0 Å². The molecule has 0 saturated heterocycles. The van der Waals surface area contributed by atoms with Crippen molar-refractivity contribution < 1.29 is 9.59 Å². The number of nitrogens with zero attached hydrogens (tertiary/aromatic N) is 3. The Morgan fingerprint density at radius 2 is 1.97 bits per heavy atom. The molecule has 1 atom stereocenters. The number of amides is 2. The summed E-state index contributed by atoms with van der Waals surface area (Å²) in [6.45, 7) is 4.67. The Balaban J connectivity index is 1.40. The summed E-state index contributed by atoms with van der Waals surface area (Å²) in [4.78, 5) is 34.7. The summed E-state index contributed by atoms with van der Waals surface area (Å²) < 4.78 is 0. The smallest absolute Gasteiger partial charge is 0.270 e. The molecule has 0 fully saturated rings. The number of fused-ring (bicyclic) bond motifs is 1. The number of carbonyl (C=O) groups is 2. The van der Waals surface area contributed by atoms with Crippen molar-refractivity contribution in [3.05, 3.63) is 80.6 Å². The minimum Gasteiger partial charge on any atom is -0.347 e. The molecule has 2 heterocycles. The molecule has 3 aromatic rings. The van der Waals surface area contributed by atoms with Gasteiger partial charge < -0.3 is 10.6 Å². The molecular formula is C24H23N5O2S. The zero-order valence-electron chi connectivity index (χ0n) is 17.9. The van der Waals surface area contributed by atoms with Crippen LogP contribution in [0.25, 0.3) is 0 Å². The van der Waals surface area contributed by atoms with Crippen LogP contribution in [0.5, 0.6) is 0 Å². The lowest BCUT2D eigenvalue weighted by molar-refractivity contribution is 0.0931. The molecule has 0 spiro atoms. The molecule has 162 valence electrons. The molecule has 2 N–H and O–H groups in total. The Morgan fingerprint density at radius 3 is 2.69 bits per heavy atom. The van der Waals surface area contributed by atoms with Gasteiger partial charge in [0.15, 0.2) is 0 Å². The first-order chi connectivity index (χ1) is 15.4. The highest BCUT2D eigenvalue weighted by Gasteiger charge is 2.25. The van der Waals surface area contributed by atoms with E-state index in [2.05, 4.69) is 46.6 Å². The predicted molar refractivity (Wildman–Crippen MR) is 121 cm³/mol. The summed E-state index contributed by atoms with van der Waals surface area (Å²) >= 11 is 1.68. The van der Waals surface area contributed by atoms with Crippen LogP contribution in [0.2, 0.25) is 0 Å². The van der Waals surface area contributed by atoms with E-state index in [-0.39, 0.29) is 29.2 Å². The van der Waals surface area contributed by atoms with Gasteiger partial charge in [-0.1, -0.05) is 19.9 Å². The third kappa shape index (κ3) is 4.68. The number of aryl methyl sites for hydroxylation is 1. The van der Waals surface area contributed by atoms with Crippen molar-refractivity contribution in [3.8, 4) is 6.07 Å². The minimum atomic E-state index is -0.358. The second-order valence-electron chi connectivity index (χ2n) is 8.07. The molecule has 7 nitrogen and oxygen atoms in total. The summed E-state index contributed by atoms with van der Waals surface area (Å²) in [5, 5.41) is 16.9. The topological polar surface area (TPSA) is 108 Å². The van der Waals surface area contributed by atoms with E-state index in [1.54, 1.807) is 17.4 Å². The van der Waals surface area contributed by atoms with Crippen LogP contribution in [0.4, 0.5) is 0 Å². The molecule has 0 radical (unpaired) electrons. The first-order valence-electron chi connectivity index (χ1n) is 10.5. The normalized spacial score (nSPS) is 14.6. The number of rotatable bonds is 6. The Labute approximate surface area is 190 Å². The second kappa shape index (κ2) is 9.28. The quantitative estimate of drug-likeness (QED) is 0.599. The first kappa shape index (κ1) is 21.7. The maximum atomic E-state index is 12.8.